The van der Waals surface area contributed by atoms with Crippen molar-refractivity contribution in [1.82, 2.24) is 0 Å². The maximum absolute atomic E-state index is 12.4. The normalized spacial score (nSPS) is 22.3. The van der Waals surface area contributed by atoms with Gasteiger partial charge in [0.15, 0.2) is 5.78 Å². The topological polar surface area (TPSA) is 46.3 Å². The molecule has 3 rings (SSSR count). The van der Waals surface area contributed by atoms with Crippen LogP contribution in [0.25, 0.3) is 0 Å². The van der Waals surface area contributed by atoms with Crippen LogP contribution in [0, 0.1) is 11.8 Å². The molecule has 0 spiro atoms. The number of nitrogens with zero attached hydrogens (tertiary/aromatic N) is 1. The SMILES string of the molecule is CCC1CCN(c2sc(C(=O)C(C)C)c(N)c2C2CC2)C1. The zero-order chi connectivity index (χ0) is 15.1. The molecule has 1 saturated carbocycles. The fraction of sp³-hybridized carbons (Fsp3) is 0.706. The lowest BCUT2D eigenvalue weighted by Gasteiger charge is -2.18. The first-order chi connectivity index (χ1) is 10.0. The first-order valence-corrected chi connectivity index (χ1v) is 9.05. The van der Waals surface area contributed by atoms with Crippen LogP contribution < -0.4 is 10.6 Å². The second-order valence-corrected chi connectivity index (χ2v) is 7.86. The maximum Gasteiger partial charge on any atom is 0.177 e. The molecule has 0 aromatic carbocycles. The van der Waals surface area contributed by atoms with E-state index in [1.54, 1.807) is 11.3 Å². The lowest BCUT2D eigenvalue weighted by atomic mass is 10.0. The minimum atomic E-state index is 0.0211. The lowest BCUT2D eigenvalue weighted by Crippen LogP contribution is -2.19. The Morgan fingerprint density at radius 1 is 1.38 bits per heavy atom. The van der Waals surface area contributed by atoms with Crippen molar-refractivity contribution in [1.29, 1.82) is 0 Å². The Hall–Kier alpha value is -1.03. The molecule has 2 aliphatic rings. The molecule has 2 fully saturated rings. The number of Topliss-reactive ketones (excluding diaryl/α,β-unsaturated/α-hetero) is 1. The molecule has 0 amide bonds. The summed E-state index contributed by atoms with van der Waals surface area (Å²) < 4.78 is 0. The van der Waals surface area contributed by atoms with Gasteiger partial charge in [0, 0.05) is 24.6 Å². The number of hydrogen-bond donors (Lipinski definition) is 1. The summed E-state index contributed by atoms with van der Waals surface area (Å²) in [4.78, 5) is 15.7. The monoisotopic (exact) mass is 306 g/mol. The maximum atomic E-state index is 12.4. The van der Waals surface area contributed by atoms with E-state index in [9.17, 15) is 4.79 Å². The zero-order valence-corrected chi connectivity index (χ0v) is 14.1. The van der Waals surface area contributed by atoms with Gasteiger partial charge in [0.25, 0.3) is 0 Å². The Morgan fingerprint density at radius 3 is 2.62 bits per heavy atom. The van der Waals surface area contributed by atoms with Crippen molar-refractivity contribution in [2.75, 3.05) is 23.7 Å². The molecule has 1 unspecified atom stereocenters. The van der Waals surface area contributed by atoms with Gasteiger partial charge in [-0.25, -0.2) is 0 Å². The van der Waals surface area contributed by atoms with E-state index in [1.807, 2.05) is 13.8 Å². The molecule has 1 aliphatic heterocycles. The Kier molecular flexibility index (Phi) is 4.00. The minimum absolute atomic E-state index is 0.0211. The molecule has 116 valence electrons. The van der Waals surface area contributed by atoms with Gasteiger partial charge in [-0.1, -0.05) is 27.2 Å². The smallest absolute Gasteiger partial charge is 0.177 e. The Bertz CT molecular complexity index is 545. The highest BCUT2D eigenvalue weighted by molar-refractivity contribution is 7.19. The zero-order valence-electron chi connectivity index (χ0n) is 13.3. The van der Waals surface area contributed by atoms with Gasteiger partial charge in [-0.3, -0.25) is 4.79 Å². The molecule has 3 nitrogen and oxygen atoms in total. The molecule has 1 saturated heterocycles. The van der Waals surface area contributed by atoms with E-state index in [4.69, 9.17) is 5.73 Å². The number of ketones is 1. The number of nitrogen functional groups attached to an aromatic ring is 1. The van der Waals surface area contributed by atoms with E-state index in [-0.39, 0.29) is 11.7 Å². The van der Waals surface area contributed by atoms with Crippen LogP contribution in [0.2, 0.25) is 0 Å². The highest BCUT2D eigenvalue weighted by Crippen LogP contribution is 2.53. The van der Waals surface area contributed by atoms with Crippen molar-refractivity contribution < 1.29 is 4.79 Å². The van der Waals surface area contributed by atoms with Crippen molar-refractivity contribution in [3.63, 3.8) is 0 Å². The van der Waals surface area contributed by atoms with Gasteiger partial charge < -0.3 is 10.6 Å². The van der Waals surface area contributed by atoms with Crippen LogP contribution in [0.4, 0.5) is 10.7 Å². The van der Waals surface area contributed by atoms with Gasteiger partial charge in [0.05, 0.1) is 15.6 Å². The fourth-order valence-electron chi connectivity index (χ4n) is 3.24. The highest BCUT2D eigenvalue weighted by Gasteiger charge is 2.36. The Labute approximate surface area is 131 Å². The van der Waals surface area contributed by atoms with Gasteiger partial charge in [-0.15, -0.1) is 11.3 Å². The van der Waals surface area contributed by atoms with Gasteiger partial charge in [-0.2, -0.15) is 0 Å². The summed E-state index contributed by atoms with van der Waals surface area (Å²) in [5.74, 6) is 1.62. The molecule has 1 atom stereocenters. The summed E-state index contributed by atoms with van der Waals surface area (Å²) >= 11 is 1.65. The van der Waals surface area contributed by atoms with Crippen molar-refractivity contribution in [2.45, 2.75) is 52.4 Å². The van der Waals surface area contributed by atoms with Crippen molar-refractivity contribution in [3.8, 4) is 0 Å². The number of nitrogens with two attached hydrogens (primary N) is 1. The molecule has 1 aromatic heterocycles. The largest absolute Gasteiger partial charge is 0.397 e. The fourth-order valence-corrected chi connectivity index (χ4v) is 4.67. The van der Waals surface area contributed by atoms with E-state index >= 15 is 0 Å². The molecule has 4 heteroatoms. The van der Waals surface area contributed by atoms with Gasteiger partial charge in [0.2, 0.25) is 0 Å². The van der Waals surface area contributed by atoms with Crippen LogP contribution >= 0.6 is 11.3 Å². The third kappa shape index (κ3) is 2.70. The third-order valence-corrected chi connectivity index (χ3v) is 6.14. The van der Waals surface area contributed by atoms with E-state index in [2.05, 4.69) is 11.8 Å². The molecule has 2 heterocycles. The van der Waals surface area contributed by atoms with E-state index in [1.165, 1.54) is 36.2 Å². The van der Waals surface area contributed by atoms with E-state index in [0.29, 0.717) is 5.92 Å². The summed E-state index contributed by atoms with van der Waals surface area (Å²) in [7, 11) is 0. The number of thiophene rings is 1. The standard InChI is InChI=1S/C17H26N2OS/c1-4-11-7-8-19(9-11)17-13(12-5-6-12)14(18)16(21-17)15(20)10(2)3/h10-12H,4-9,18H2,1-3H3. The first-order valence-electron chi connectivity index (χ1n) is 8.24. The number of rotatable bonds is 5. The summed E-state index contributed by atoms with van der Waals surface area (Å²) in [6.45, 7) is 8.44. The van der Waals surface area contributed by atoms with Crippen LogP contribution in [0.3, 0.4) is 0 Å². The summed E-state index contributed by atoms with van der Waals surface area (Å²) in [5, 5.41) is 1.30. The minimum Gasteiger partial charge on any atom is -0.397 e. The molecular formula is C17H26N2OS. The van der Waals surface area contributed by atoms with Crippen molar-refractivity contribution in [3.05, 3.63) is 10.4 Å². The number of anilines is 2. The van der Waals surface area contributed by atoms with Gasteiger partial charge in [0.1, 0.15) is 0 Å². The average molecular weight is 306 g/mol. The van der Waals surface area contributed by atoms with Crippen LogP contribution in [0.5, 0.6) is 0 Å². The van der Waals surface area contributed by atoms with Crippen LogP contribution in [-0.2, 0) is 0 Å². The summed E-state index contributed by atoms with van der Waals surface area (Å²) in [6, 6.07) is 0. The summed E-state index contributed by atoms with van der Waals surface area (Å²) in [5.41, 5.74) is 8.46. The number of carbonyl (C=O) groups excluding carboxylic acids is 1. The van der Waals surface area contributed by atoms with Crippen LogP contribution in [0.15, 0.2) is 0 Å². The van der Waals surface area contributed by atoms with Crippen molar-refractivity contribution >= 4 is 27.8 Å². The number of hydrogen-bond acceptors (Lipinski definition) is 4. The summed E-state index contributed by atoms with van der Waals surface area (Å²) in [6.07, 6.45) is 4.97. The van der Waals surface area contributed by atoms with Crippen molar-refractivity contribution in [2.24, 2.45) is 11.8 Å². The molecule has 21 heavy (non-hydrogen) atoms. The molecule has 1 aromatic rings. The predicted octanol–water partition coefficient (Wildman–Crippen LogP) is 4.28. The van der Waals surface area contributed by atoms with E-state index < -0.39 is 0 Å². The average Bonchev–Trinajstić information content (AvgIpc) is 3.07. The second-order valence-electron chi connectivity index (χ2n) is 6.87. The molecule has 1 aliphatic carbocycles. The second kappa shape index (κ2) is 5.64. The third-order valence-electron chi connectivity index (χ3n) is 4.85. The molecular weight excluding hydrogens is 280 g/mol. The first kappa shape index (κ1) is 14.9. The quantitative estimate of drug-likeness (QED) is 0.826. The lowest BCUT2D eigenvalue weighted by molar-refractivity contribution is 0.0944. The van der Waals surface area contributed by atoms with Gasteiger partial charge >= 0.3 is 0 Å². The van der Waals surface area contributed by atoms with Crippen LogP contribution in [-0.4, -0.2) is 18.9 Å². The molecule has 2 N–H and O–H groups in total. The Balaban J connectivity index is 1.96. The number of carbonyl (C=O) groups is 1. The highest BCUT2D eigenvalue weighted by atomic mass is 32.1. The van der Waals surface area contributed by atoms with Gasteiger partial charge in [-0.05, 0) is 31.1 Å². The Morgan fingerprint density at radius 2 is 2.10 bits per heavy atom. The molecule has 0 radical (unpaired) electrons. The van der Waals surface area contributed by atoms with Crippen LogP contribution in [0.1, 0.15) is 67.6 Å². The molecule has 0 bridgehead atoms. The predicted molar refractivity (Wildman–Crippen MR) is 90.5 cm³/mol. The van der Waals surface area contributed by atoms with E-state index in [0.717, 1.165) is 29.6 Å².